The summed E-state index contributed by atoms with van der Waals surface area (Å²) in [6, 6.07) is 74.6. The van der Waals surface area contributed by atoms with Gasteiger partial charge in [-0.25, -0.2) is 19.9 Å². The molecule has 0 aliphatic rings. The SMILES string of the molecule is c1ccc(-c2nc(-c3ccccc3)c(-c3ccc(-c4nc(-c5ccccc5)c(-c5ccccc5)nc4-c4ccc5oc6ccccc6c5c4)cc3)nc2-c2ccccc2)cc1. The molecule has 0 aliphatic heterocycles. The molecule has 0 atom stereocenters. The van der Waals surface area contributed by atoms with Crippen molar-refractivity contribution in [1.29, 1.82) is 0 Å². The van der Waals surface area contributed by atoms with Crippen molar-refractivity contribution in [2.24, 2.45) is 0 Å². The van der Waals surface area contributed by atoms with E-state index >= 15 is 0 Å². The van der Waals surface area contributed by atoms with E-state index in [4.69, 9.17) is 24.4 Å². The van der Waals surface area contributed by atoms with E-state index in [1.807, 2.05) is 115 Å². The number of rotatable bonds is 8. The van der Waals surface area contributed by atoms with Crippen LogP contribution in [-0.4, -0.2) is 19.9 Å². The molecule has 0 spiro atoms. The van der Waals surface area contributed by atoms with Crippen molar-refractivity contribution in [1.82, 2.24) is 19.9 Å². The molecule has 0 amide bonds. The van der Waals surface area contributed by atoms with Crippen LogP contribution in [0, 0.1) is 0 Å². The minimum atomic E-state index is 0.774. The highest BCUT2D eigenvalue weighted by Crippen LogP contribution is 2.41. The van der Waals surface area contributed by atoms with Gasteiger partial charge in [0.05, 0.1) is 45.6 Å². The Morgan fingerprint density at radius 2 is 0.475 bits per heavy atom. The van der Waals surface area contributed by atoms with E-state index in [2.05, 4.69) is 103 Å². The van der Waals surface area contributed by atoms with Crippen molar-refractivity contribution in [2.45, 2.75) is 0 Å². The molecule has 3 heterocycles. The highest BCUT2D eigenvalue weighted by Gasteiger charge is 2.23. The topological polar surface area (TPSA) is 64.7 Å². The van der Waals surface area contributed by atoms with E-state index in [9.17, 15) is 0 Å². The first-order chi connectivity index (χ1) is 30.2. The van der Waals surface area contributed by atoms with Crippen LogP contribution in [0.2, 0.25) is 0 Å². The molecule has 0 fully saturated rings. The third-order valence-corrected chi connectivity index (χ3v) is 11.1. The fraction of sp³-hybridized carbons (Fsp3) is 0. The lowest BCUT2D eigenvalue weighted by Gasteiger charge is -2.17. The molecule has 0 saturated carbocycles. The van der Waals surface area contributed by atoms with E-state index in [1.54, 1.807) is 0 Å². The van der Waals surface area contributed by atoms with Gasteiger partial charge in [0.25, 0.3) is 0 Å². The van der Waals surface area contributed by atoms with Gasteiger partial charge < -0.3 is 4.42 Å². The summed E-state index contributed by atoms with van der Waals surface area (Å²) in [4.78, 5) is 22.0. The minimum absolute atomic E-state index is 0.774. The lowest BCUT2D eigenvalue weighted by molar-refractivity contribution is 0.669. The van der Waals surface area contributed by atoms with Gasteiger partial charge in [0.15, 0.2) is 0 Å². The number of hydrogen-bond donors (Lipinski definition) is 0. The summed E-state index contributed by atoms with van der Waals surface area (Å²) < 4.78 is 6.25. The molecule has 0 aliphatic carbocycles. The lowest BCUT2D eigenvalue weighted by atomic mass is 9.96. The first kappa shape index (κ1) is 35.8. The molecule has 0 N–H and O–H groups in total. The van der Waals surface area contributed by atoms with Crippen molar-refractivity contribution in [2.75, 3.05) is 0 Å². The average Bonchev–Trinajstić information content (AvgIpc) is 3.73. The molecule has 0 radical (unpaired) electrons. The van der Waals surface area contributed by atoms with Gasteiger partial charge in [0.2, 0.25) is 0 Å². The number of para-hydroxylation sites is 1. The van der Waals surface area contributed by atoms with Crippen LogP contribution in [0.15, 0.2) is 223 Å². The zero-order valence-electron chi connectivity index (χ0n) is 33.0. The molecular formula is C56H36N4O. The Bertz CT molecular complexity index is 3310. The molecule has 3 aromatic heterocycles. The quantitative estimate of drug-likeness (QED) is 0.154. The molecule has 5 heteroatoms. The first-order valence-corrected chi connectivity index (χ1v) is 20.4. The van der Waals surface area contributed by atoms with E-state index in [1.165, 1.54) is 0 Å². The number of hydrogen-bond acceptors (Lipinski definition) is 5. The summed E-state index contributed by atoms with van der Waals surface area (Å²) >= 11 is 0. The van der Waals surface area contributed by atoms with Crippen molar-refractivity contribution < 1.29 is 4.42 Å². The number of aromatic nitrogens is 4. The summed E-state index contributed by atoms with van der Waals surface area (Å²) in [5.41, 5.74) is 15.9. The van der Waals surface area contributed by atoms with Crippen LogP contribution >= 0.6 is 0 Å². The Balaban J connectivity index is 1.13. The van der Waals surface area contributed by atoms with Gasteiger partial charge in [-0.15, -0.1) is 0 Å². The smallest absolute Gasteiger partial charge is 0.135 e. The monoisotopic (exact) mass is 780 g/mol. The summed E-state index contributed by atoms with van der Waals surface area (Å²) in [5, 5.41) is 2.09. The maximum absolute atomic E-state index is 6.25. The fourth-order valence-corrected chi connectivity index (χ4v) is 8.12. The van der Waals surface area contributed by atoms with Crippen molar-refractivity contribution in [3.63, 3.8) is 0 Å². The molecule has 286 valence electrons. The highest BCUT2D eigenvalue weighted by molar-refractivity contribution is 6.06. The van der Waals surface area contributed by atoms with E-state index in [0.717, 1.165) is 112 Å². The van der Waals surface area contributed by atoms with Crippen LogP contribution < -0.4 is 0 Å². The van der Waals surface area contributed by atoms with Gasteiger partial charge >= 0.3 is 0 Å². The zero-order chi connectivity index (χ0) is 40.5. The molecular weight excluding hydrogens is 745 g/mol. The van der Waals surface area contributed by atoms with Crippen molar-refractivity contribution >= 4 is 21.9 Å². The normalized spacial score (nSPS) is 11.3. The standard InChI is InChI=1S/C56H36N4O/c1-6-18-37(19-7-1)49-50(38-20-8-2-9-21-38)58-54(53(57-49)41-26-14-5-15-27-41)42-30-32-43(33-31-42)55-56(44-34-35-48-46(36-44)45-28-16-17-29-47(45)61-48)60-52(40-24-12-4-13-25-40)51(59-55)39-22-10-3-11-23-39/h1-36H. The molecule has 8 aromatic carbocycles. The van der Waals surface area contributed by atoms with Gasteiger partial charge in [-0.1, -0.05) is 194 Å². The third-order valence-electron chi connectivity index (χ3n) is 11.1. The van der Waals surface area contributed by atoms with E-state index < -0.39 is 0 Å². The second-order valence-electron chi connectivity index (χ2n) is 15.0. The molecule has 61 heavy (non-hydrogen) atoms. The van der Waals surface area contributed by atoms with Crippen LogP contribution in [0.4, 0.5) is 0 Å². The predicted molar refractivity (Wildman–Crippen MR) is 248 cm³/mol. The van der Waals surface area contributed by atoms with Gasteiger partial charge in [0.1, 0.15) is 11.2 Å². The van der Waals surface area contributed by atoms with Gasteiger partial charge in [-0.3, -0.25) is 0 Å². The average molecular weight is 781 g/mol. The number of nitrogens with zero attached hydrogens (tertiary/aromatic N) is 4. The largest absolute Gasteiger partial charge is 0.456 e. The Kier molecular flexibility index (Phi) is 9.10. The van der Waals surface area contributed by atoms with Crippen LogP contribution in [0.1, 0.15) is 0 Å². The number of furan rings is 1. The van der Waals surface area contributed by atoms with Crippen molar-refractivity contribution in [3.8, 4) is 90.1 Å². The number of benzene rings is 8. The van der Waals surface area contributed by atoms with Crippen LogP contribution in [-0.2, 0) is 0 Å². The predicted octanol–water partition coefficient (Wildman–Crippen LogP) is 14.5. The lowest BCUT2D eigenvalue weighted by Crippen LogP contribution is -2.02. The Labute approximate surface area is 353 Å². The second-order valence-corrected chi connectivity index (χ2v) is 15.0. The molecule has 0 bridgehead atoms. The Morgan fingerprint density at radius 1 is 0.213 bits per heavy atom. The fourth-order valence-electron chi connectivity index (χ4n) is 8.12. The summed E-state index contributed by atoms with van der Waals surface area (Å²) in [5.74, 6) is 0. The van der Waals surface area contributed by atoms with Gasteiger partial charge in [0, 0.05) is 55.3 Å². The van der Waals surface area contributed by atoms with Crippen LogP contribution in [0.25, 0.3) is 112 Å². The first-order valence-electron chi connectivity index (χ1n) is 20.4. The molecule has 5 nitrogen and oxygen atoms in total. The van der Waals surface area contributed by atoms with Gasteiger partial charge in [-0.2, -0.15) is 0 Å². The highest BCUT2D eigenvalue weighted by atomic mass is 16.3. The Hall–Kier alpha value is -8.28. The Morgan fingerprint density at radius 3 is 0.836 bits per heavy atom. The van der Waals surface area contributed by atoms with E-state index in [-0.39, 0.29) is 0 Å². The summed E-state index contributed by atoms with van der Waals surface area (Å²) in [6.07, 6.45) is 0. The van der Waals surface area contributed by atoms with E-state index in [0.29, 0.717) is 0 Å². The second kappa shape index (κ2) is 15.5. The van der Waals surface area contributed by atoms with Crippen LogP contribution in [0.5, 0.6) is 0 Å². The minimum Gasteiger partial charge on any atom is -0.456 e. The zero-order valence-corrected chi connectivity index (χ0v) is 33.0. The molecule has 11 aromatic rings. The molecule has 0 unspecified atom stereocenters. The number of fused-ring (bicyclic) bond motifs is 3. The van der Waals surface area contributed by atoms with Crippen LogP contribution in [0.3, 0.4) is 0 Å². The summed E-state index contributed by atoms with van der Waals surface area (Å²) in [6.45, 7) is 0. The third kappa shape index (κ3) is 6.74. The maximum Gasteiger partial charge on any atom is 0.135 e. The molecule has 0 saturated heterocycles. The van der Waals surface area contributed by atoms with Gasteiger partial charge in [-0.05, 0) is 24.3 Å². The molecule has 11 rings (SSSR count). The summed E-state index contributed by atoms with van der Waals surface area (Å²) in [7, 11) is 0. The van der Waals surface area contributed by atoms with Crippen molar-refractivity contribution in [3.05, 3.63) is 218 Å². The maximum atomic E-state index is 6.25.